The first-order valence-electron chi connectivity index (χ1n) is 4.43. The third-order valence-corrected chi connectivity index (χ3v) is 2.50. The lowest BCUT2D eigenvalue weighted by atomic mass is 10.3. The average molecular weight is 243 g/mol. The van der Waals surface area contributed by atoms with Crippen LogP contribution in [-0.4, -0.2) is 28.5 Å². The SMILES string of the molecule is O=C(O)CSCC(=O)Nc1ccc(F)cc1. The maximum absolute atomic E-state index is 12.5. The molecular weight excluding hydrogens is 233 g/mol. The van der Waals surface area contributed by atoms with Crippen molar-refractivity contribution in [2.75, 3.05) is 16.8 Å². The molecule has 0 unspecified atom stereocenters. The number of carbonyl (C=O) groups excluding carboxylic acids is 1. The third-order valence-electron chi connectivity index (χ3n) is 1.59. The number of anilines is 1. The van der Waals surface area contributed by atoms with Crippen molar-refractivity contribution in [1.29, 1.82) is 0 Å². The first-order chi connectivity index (χ1) is 7.58. The highest BCUT2D eigenvalue weighted by Gasteiger charge is 2.04. The summed E-state index contributed by atoms with van der Waals surface area (Å²) in [4.78, 5) is 21.4. The van der Waals surface area contributed by atoms with Gasteiger partial charge in [0.1, 0.15) is 5.82 Å². The highest BCUT2D eigenvalue weighted by molar-refractivity contribution is 8.00. The van der Waals surface area contributed by atoms with Gasteiger partial charge in [0.25, 0.3) is 0 Å². The maximum atomic E-state index is 12.5. The van der Waals surface area contributed by atoms with Crippen molar-refractivity contribution in [2.24, 2.45) is 0 Å². The van der Waals surface area contributed by atoms with Crippen LogP contribution in [0.5, 0.6) is 0 Å². The van der Waals surface area contributed by atoms with Crippen molar-refractivity contribution in [3.05, 3.63) is 30.1 Å². The summed E-state index contributed by atoms with van der Waals surface area (Å²) in [5.41, 5.74) is 0.488. The molecular formula is C10H10FNO3S. The van der Waals surface area contributed by atoms with Crippen LogP contribution in [0.3, 0.4) is 0 Å². The van der Waals surface area contributed by atoms with Crippen molar-refractivity contribution in [2.45, 2.75) is 0 Å². The number of carboxylic acids is 1. The summed E-state index contributed by atoms with van der Waals surface area (Å²) >= 11 is 1.01. The number of nitrogens with one attached hydrogen (secondary N) is 1. The summed E-state index contributed by atoms with van der Waals surface area (Å²) in [6, 6.07) is 5.35. The van der Waals surface area contributed by atoms with E-state index >= 15 is 0 Å². The number of hydrogen-bond acceptors (Lipinski definition) is 3. The second-order valence-corrected chi connectivity index (χ2v) is 3.93. The molecule has 0 saturated carbocycles. The van der Waals surface area contributed by atoms with Crippen LogP contribution in [0.15, 0.2) is 24.3 Å². The molecule has 0 bridgehead atoms. The van der Waals surface area contributed by atoms with Gasteiger partial charge >= 0.3 is 5.97 Å². The zero-order chi connectivity index (χ0) is 12.0. The first-order valence-corrected chi connectivity index (χ1v) is 5.58. The number of aliphatic carboxylic acids is 1. The van der Waals surface area contributed by atoms with Crippen molar-refractivity contribution in [1.82, 2.24) is 0 Å². The smallest absolute Gasteiger partial charge is 0.313 e. The summed E-state index contributed by atoms with van der Waals surface area (Å²) in [6.45, 7) is 0. The minimum atomic E-state index is -0.959. The van der Waals surface area contributed by atoms with E-state index < -0.39 is 5.97 Å². The molecule has 1 aromatic rings. The fourth-order valence-electron chi connectivity index (χ4n) is 0.961. The summed E-state index contributed by atoms with van der Waals surface area (Å²) in [5.74, 6) is -1.70. The fraction of sp³-hybridized carbons (Fsp3) is 0.200. The molecule has 0 aromatic heterocycles. The second kappa shape index (κ2) is 6.12. The van der Waals surface area contributed by atoms with Gasteiger partial charge in [-0.1, -0.05) is 0 Å². The minimum absolute atomic E-state index is 0.0592. The number of thioether (sulfide) groups is 1. The molecule has 0 fully saturated rings. The van der Waals surface area contributed by atoms with E-state index in [0.717, 1.165) is 11.8 Å². The standard InChI is InChI=1S/C10H10FNO3S/c11-7-1-3-8(4-2-7)12-9(13)5-16-6-10(14)15/h1-4H,5-6H2,(H,12,13)(H,14,15). The van der Waals surface area contributed by atoms with Crippen LogP contribution in [0.25, 0.3) is 0 Å². The number of rotatable bonds is 5. The fourth-order valence-corrected chi connectivity index (χ4v) is 1.50. The van der Waals surface area contributed by atoms with Crippen LogP contribution in [0, 0.1) is 5.82 Å². The van der Waals surface area contributed by atoms with Crippen molar-refractivity contribution >= 4 is 29.3 Å². The summed E-state index contributed by atoms with van der Waals surface area (Å²) in [7, 11) is 0. The van der Waals surface area contributed by atoms with Gasteiger partial charge in [0, 0.05) is 5.69 Å². The monoisotopic (exact) mass is 243 g/mol. The van der Waals surface area contributed by atoms with E-state index in [9.17, 15) is 14.0 Å². The minimum Gasteiger partial charge on any atom is -0.481 e. The van der Waals surface area contributed by atoms with Gasteiger partial charge in [-0.15, -0.1) is 11.8 Å². The Morgan fingerprint density at radius 2 is 1.88 bits per heavy atom. The Labute approximate surface area is 95.8 Å². The van der Waals surface area contributed by atoms with Crippen molar-refractivity contribution in [3.8, 4) is 0 Å². The lowest BCUT2D eigenvalue weighted by Gasteiger charge is -2.03. The Bertz CT molecular complexity index is 380. The van der Waals surface area contributed by atoms with Crippen LogP contribution in [0.4, 0.5) is 10.1 Å². The highest BCUT2D eigenvalue weighted by Crippen LogP contribution is 2.09. The molecule has 16 heavy (non-hydrogen) atoms. The largest absolute Gasteiger partial charge is 0.481 e. The Hall–Kier alpha value is -1.56. The molecule has 0 radical (unpaired) electrons. The van der Waals surface area contributed by atoms with E-state index in [1.54, 1.807) is 0 Å². The van der Waals surface area contributed by atoms with Crippen molar-refractivity contribution in [3.63, 3.8) is 0 Å². The van der Waals surface area contributed by atoms with E-state index in [-0.39, 0.29) is 23.2 Å². The summed E-state index contributed by atoms with van der Waals surface area (Å²) in [5, 5.41) is 10.9. The van der Waals surface area contributed by atoms with Crippen LogP contribution >= 0.6 is 11.8 Å². The van der Waals surface area contributed by atoms with Crippen molar-refractivity contribution < 1.29 is 19.1 Å². The molecule has 1 amide bonds. The molecule has 1 aromatic carbocycles. The maximum Gasteiger partial charge on any atom is 0.313 e. The number of halogens is 1. The quantitative estimate of drug-likeness (QED) is 0.824. The van der Waals surface area contributed by atoms with E-state index in [1.165, 1.54) is 24.3 Å². The van der Waals surface area contributed by atoms with E-state index in [0.29, 0.717) is 5.69 Å². The van der Waals surface area contributed by atoms with Crippen LogP contribution in [-0.2, 0) is 9.59 Å². The molecule has 0 heterocycles. The van der Waals surface area contributed by atoms with Gasteiger partial charge in [0.2, 0.25) is 5.91 Å². The van der Waals surface area contributed by atoms with Gasteiger partial charge in [-0.25, -0.2) is 4.39 Å². The molecule has 6 heteroatoms. The van der Waals surface area contributed by atoms with E-state index in [4.69, 9.17) is 5.11 Å². The van der Waals surface area contributed by atoms with Gasteiger partial charge in [-0.2, -0.15) is 0 Å². The Balaban J connectivity index is 2.34. The van der Waals surface area contributed by atoms with Gasteiger partial charge in [-0.3, -0.25) is 9.59 Å². The van der Waals surface area contributed by atoms with Gasteiger partial charge < -0.3 is 10.4 Å². The number of benzene rings is 1. The molecule has 0 aliphatic heterocycles. The molecule has 0 spiro atoms. The number of amides is 1. The topological polar surface area (TPSA) is 66.4 Å². The Kier molecular flexibility index (Phi) is 4.78. The molecule has 86 valence electrons. The number of carbonyl (C=O) groups is 2. The molecule has 0 saturated heterocycles. The van der Waals surface area contributed by atoms with Crippen LogP contribution in [0.2, 0.25) is 0 Å². The molecule has 0 atom stereocenters. The molecule has 0 aliphatic carbocycles. The number of carboxylic acid groups (broad SMARTS) is 1. The lowest BCUT2D eigenvalue weighted by Crippen LogP contribution is -2.15. The number of hydrogen-bond donors (Lipinski definition) is 2. The highest BCUT2D eigenvalue weighted by atomic mass is 32.2. The Morgan fingerprint density at radius 3 is 2.44 bits per heavy atom. The Morgan fingerprint density at radius 1 is 1.25 bits per heavy atom. The van der Waals surface area contributed by atoms with Crippen LogP contribution in [0.1, 0.15) is 0 Å². The zero-order valence-corrected chi connectivity index (χ0v) is 9.09. The van der Waals surface area contributed by atoms with Gasteiger partial charge in [0.05, 0.1) is 11.5 Å². The normalized spacial score (nSPS) is 9.81. The summed E-state index contributed by atoms with van der Waals surface area (Å²) in [6.07, 6.45) is 0. The van der Waals surface area contributed by atoms with Gasteiger partial charge in [-0.05, 0) is 24.3 Å². The molecule has 1 rings (SSSR count). The average Bonchev–Trinajstić information content (AvgIpc) is 2.21. The van der Waals surface area contributed by atoms with Crippen LogP contribution < -0.4 is 5.32 Å². The molecule has 0 aliphatic rings. The summed E-state index contributed by atoms with van der Waals surface area (Å²) < 4.78 is 12.5. The first kappa shape index (κ1) is 12.5. The van der Waals surface area contributed by atoms with Gasteiger partial charge in [0.15, 0.2) is 0 Å². The lowest BCUT2D eigenvalue weighted by molar-refractivity contribution is -0.133. The van der Waals surface area contributed by atoms with E-state index in [1.807, 2.05) is 0 Å². The second-order valence-electron chi connectivity index (χ2n) is 2.94. The third kappa shape index (κ3) is 4.79. The predicted molar refractivity (Wildman–Crippen MR) is 60.0 cm³/mol. The molecule has 4 nitrogen and oxygen atoms in total. The predicted octanol–water partition coefficient (Wildman–Crippen LogP) is 1.58. The zero-order valence-electron chi connectivity index (χ0n) is 8.27. The molecule has 2 N–H and O–H groups in total. The van der Waals surface area contributed by atoms with E-state index in [2.05, 4.69) is 5.32 Å².